The van der Waals surface area contributed by atoms with Gasteiger partial charge in [-0.1, -0.05) is 13.8 Å². The molecule has 3 unspecified atom stereocenters. The van der Waals surface area contributed by atoms with Gasteiger partial charge in [0.15, 0.2) is 0 Å². The van der Waals surface area contributed by atoms with Crippen LogP contribution in [0.3, 0.4) is 0 Å². The number of nitrogens with zero attached hydrogens (tertiary/aromatic N) is 2. The molecule has 1 saturated carbocycles. The van der Waals surface area contributed by atoms with E-state index in [-0.39, 0.29) is 12.0 Å². The topological polar surface area (TPSA) is 43.8 Å². The normalized spacial score (nSPS) is 35.6. The van der Waals surface area contributed by atoms with Crippen molar-refractivity contribution in [3.05, 3.63) is 0 Å². The highest BCUT2D eigenvalue weighted by atomic mass is 16.4. The van der Waals surface area contributed by atoms with Crippen LogP contribution >= 0.6 is 0 Å². The number of hydrogen-bond donors (Lipinski definition) is 1. The molecule has 4 nitrogen and oxygen atoms in total. The Morgan fingerprint density at radius 2 is 1.89 bits per heavy atom. The molecule has 4 heteroatoms. The van der Waals surface area contributed by atoms with Crippen LogP contribution in [0.15, 0.2) is 0 Å². The number of carboxylic acids is 1. The minimum Gasteiger partial charge on any atom is -0.481 e. The van der Waals surface area contributed by atoms with Gasteiger partial charge in [-0.05, 0) is 31.7 Å². The van der Waals surface area contributed by atoms with E-state index in [1.165, 1.54) is 0 Å². The smallest absolute Gasteiger partial charge is 0.308 e. The van der Waals surface area contributed by atoms with E-state index < -0.39 is 5.97 Å². The number of rotatable bonds is 3. The number of piperazine rings is 1. The molecule has 2 rings (SSSR count). The average Bonchev–Trinajstić information content (AvgIpc) is 2.38. The summed E-state index contributed by atoms with van der Waals surface area (Å²) >= 11 is 0. The van der Waals surface area contributed by atoms with Crippen molar-refractivity contribution in [2.45, 2.75) is 39.2 Å². The van der Waals surface area contributed by atoms with Gasteiger partial charge in [0.05, 0.1) is 5.92 Å². The summed E-state index contributed by atoms with van der Waals surface area (Å²) in [6.45, 7) is 9.81. The molecule has 104 valence electrons. The van der Waals surface area contributed by atoms with Crippen LogP contribution in [-0.2, 0) is 4.79 Å². The van der Waals surface area contributed by atoms with Crippen LogP contribution in [0.2, 0.25) is 0 Å². The number of aliphatic carboxylic acids is 1. The second-order valence-corrected chi connectivity index (χ2v) is 5.90. The first-order valence-electron chi connectivity index (χ1n) is 7.31. The van der Waals surface area contributed by atoms with Gasteiger partial charge in [-0.25, -0.2) is 0 Å². The Kier molecular flexibility index (Phi) is 4.62. The van der Waals surface area contributed by atoms with Crippen molar-refractivity contribution >= 4 is 5.97 Å². The molecule has 0 bridgehead atoms. The van der Waals surface area contributed by atoms with Crippen molar-refractivity contribution in [1.29, 1.82) is 0 Å². The fourth-order valence-electron chi connectivity index (χ4n) is 3.45. The summed E-state index contributed by atoms with van der Waals surface area (Å²) in [5.41, 5.74) is 0. The second-order valence-electron chi connectivity index (χ2n) is 5.90. The minimum absolute atomic E-state index is 0.144. The van der Waals surface area contributed by atoms with E-state index >= 15 is 0 Å². The van der Waals surface area contributed by atoms with E-state index in [9.17, 15) is 9.90 Å². The largest absolute Gasteiger partial charge is 0.481 e. The van der Waals surface area contributed by atoms with E-state index in [1.807, 2.05) is 0 Å². The standard InChI is InChI=1S/C14H26N2O2/c1-3-15-6-8-16(9-7-15)13-10-11(2)4-5-12(13)14(17)18/h11-13H,3-10H2,1-2H3,(H,17,18). The van der Waals surface area contributed by atoms with Crippen LogP contribution in [0.25, 0.3) is 0 Å². The Labute approximate surface area is 110 Å². The quantitative estimate of drug-likeness (QED) is 0.829. The highest BCUT2D eigenvalue weighted by molar-refractivity contribution is 5.71. The molecule has 0 spiro atoms. The highest BCUT2D eigenvalue weighted by Crippen LogP contribution is 2.32. The molecule has 1 saturated heterocycles. The summed E-state index contributed by atoms with van der Waals surface area (Å²) in [6, 6.07) is 0.269. The molecule has 18 heavy (non-hydrogen) atoms. The summed E-state index contributed by atoms with van der Waals surface area (Å²) in [7, 11) is 0. The fraction of sp³-hybridized carbons (Fsp3) is 0.929. The van der Waals surface area contributed by atoms with Gasteiger partial charge in [0.1, 0.15) is 0 Å². The van der Waals surface area contributed by atoms with E-state index in [2.05, 4.69) is 23.6 Å². The monoisotopic (exact) mass is 254 g/mol. The molecule has 1 aliphatic heterocycles. The van der Waals surface area contributed by atoms with E-state index in [4.69, 9.17) is 0 Å². The zero-order chi connectivity index (χ0) is 13.1. The summed E-state index contributed by atoms with van der Waals surface area (Å²) in [4.78, 5) is 16.3. The van der Waals surface area contributed by atoms with Gasteiger partial charge in [0.2, 0.25) is 0 Å². The molecule has 0 amide bonds. The molecule has 2 aliphatic rings. The summed E-state index contributed by atoms with van der Waals surface area (Å²) in [6.07, 6.45) is 2.99. The Morgan fingerprint density at radius 1 is 1.22 bits per heavy atom. The molecule has 0 radical (unpaired) electrons. The van der Waals surface area contributed by atoms with Crippen molar-refractivity contribution in [1.82, 2.24) is 9.80 Å². The fourth-order valence-corrected chi connectivity index (χ4v) is 3.45. The SMILES string of the molecule is CCN1CCN(C2CC(C)CCC2C(=O)O)CC1. The van der Waals surface area contributed by atoms with Gasteiger partial charge in [0, 0.05) is 32.2 Å². The van der Waals surface area contributed by atoms with Gasteiger partial charge in [0.25, 0.3) is 0 Å². The molecule has 3 atom stereocenters. The first kappa shape index (κ1) is 13.8. The first-order valence-corrected chi connectivity index (χ1v) is 7.31. The second kappa shape index (κ2) is 6.02. The van der Waals surface area contributed by atoms with Crippen LogP contribution in [0.4, 0.5) is 0 Å². The maximum Gasteiger partial charge on any atom is 0.308 e. The molecular formula is C14H26N2O2. The van der Waals surface area contributed by atoms with E-state index in [0.29, 0.717) is 5.92 Å². The molecule has 1 heterocycles. The average molecular weight is 254 g/mol. The van der Waals surface area contributed by atoms with Gasteiger partial charge in [-0.2, -0.15) is 0 Å². The maximum absolute atomic E-state index is 11.4. The molecule has 0 aromatic rings. The van der Waals surface area contributed by atoms with Crippen molar-refractivity contribution in [3.63, 3.8) is 0 Å². The number of carbonyl (C=O) groups is 1. The molecule has 1 aliphatic carbocycles. The molecule has 0 aromatic heterocycles. The molecule has 1 N–H and O–H groups in total. The van der Waals surface area contributed by atoms with E-state index in [0.717, 1.165) is 52.0 Å². The van der Waals surface area contributed by atoms with Crippen molar-refractivity contribution in [2.75, 3.05) is 32.7 Å². The summed E-state index contributed by atoms with van der Waals surface area (Å²) < 4.78 is 0. The van der Waals surface area contributed by atoms with Crippen LogP contribution in [0, 0.1) is 11.8 Å². The van der Waals surface area contributed by atoms with E-state index in [1.54, 1.807) is 0 Å². The molecule has 2 fully saturated rings. The van der Waals surface area contributed by atoms with Gasteiger partial charge >= 0.3 is 5.97 Å². The van der Waals surface area contributed by atoms with Crippen molar-refractivity contribution in [3.8, 4) is 0 Å². The third kappa shape index (κ3) is 3.04. The van der Waals surface area contributed by atoms with Crippen LogP contribution in [0.1, 0.15) is 33.1 Å². The Balaban J connectivity index is 1.98. The van der Waals surface area contributed by atoms with Crippen LogP contribution in [-0.4, -0.2) is 59.6 Å². The Hall–Kier alpha value is -0.610. The Morgan fingerprint density at radius 3 is 2.44 bits per heavy atom. The third-order valence-corrected chi connectivity index (χ3v) is 4.72. The number of hydrogen-bond acceptors (Lipinski definition) is 3. The number of likely N-dealkylation sites (N-methyl/N-ethyl adjacent to an activating group) is 1. The van der Waals surface area contributed by atoms with Crippen molar-refractivity contribution in [2.24, 2.45) is 11.8 Å². The molecular weight excluding hydrogens is 228 g/mol. The summed E-state index contributed by atoms with van der Waals surface area (Å²) in [5.74, 6) is -0.0611. The molecule has 0 aromatic carbocycles. The zero-order valence-electron chi connectivity index (χ0n) is 11.6. The first-order chi connectivity index (χ1) is 8.61. The van der Waals surface area contributed by atoms with Gasteiger partial charge in [-0.15, -0.1) is 0 Å². The van der Waals surface area contributed by atoms with Gasteiger partial charge < -0.3 is 10.0 Å². The minimum atomic E-state index is -0.593. The predicted molar refractivity (Wildman–Crippen MR) is 71.6 cm³/mol. The van der Waals surface area contributed by atoms with Gasteiger partial charge in [-0.3, -0.25) is 9.69 Å². The zero-order valence-corrected chi connectivity index (χ0v) is 11.6. The third-order valence-electron chi connectivity index (χ3n) is 4.72. The maximum atomic E-state index is 11.4. The lowest BCUT2D eigenvalue weighted by Crippen LogP contribution is -2.54. The lowest BCUT2D eigenvalue weighted by atomic mass is 9.78. The lowest BCUT2D eigenvalue weighted by molar-refractivity contribution is -0.146. The van der Waals surface area contributed by atoms with Crippen LogP contribution in [0.5, 0.6) is 0 Å². The Bertz CT molecular complexity index is 288. The summed E-state index contributed by atoms with van der Waals surface area (Å²) in [5, 5.41) is 9.39. The number of carboxylic acid groups (broad SMARTS) is 1. The van der Waals surface area contributed by atoms with Crippen molar-refractivity contribution < 1.29 is 9.90 Å². The highest BCUT2D eigenvalue weighted by Gasteiger charge is 2.37. The predicted octanol–water partition coefficient (Wildman–Crippen LogP) is 1.51. The van der Waals surface area contributed by atoms with Crippen LogP contribution < -0.4 is 0 Å². The lowest BCUT2D eigenvalue weighted by Gasteiger charge is -2.44.